The third-order valence-corrected chi connectivity index (χ3v) is 6.61. The molecule has 2 aliphatic heterocycles. The van der Waals surface area contributed by atoms with Crippen molar-refractivity contribution in [3.63, 3.8) is 0 Å². The Morgan fingerprint density at radius 1 is 0.714 bits per heavy atom. The molecule has 0 unspecified atom stereocenters. The van der Waals surface area contributed by atoms with Crippen LogP contribution < -0.4 is 15.1 Å². The highest BCUT2D eigenvalue weighted by Gasteiger charge is 2.36. The first-order chi connectivity index (χ1) is 16.8. The number of nitrogens with zero attached hydrogens (tertiary/aromatic N) is 3. The Balaban J connectivity index is 0.000000179. The summed E-state index contributed by atoms with van der Waals surface area (Å²) in [6.45, 7) is 0.531. The van der Waals surface area contributed by atoms with E-state index >= 15 is 0 Å². The maximum atomic E-state index is 12.5. The summed E-state index contributed by atoms with van der Waals surface area (Å²) in [5.41, 5.74) is 2.46. The Hall–Kier alpha value is -3.00. The smallest absolute Gasteiger partial charge is 0.285 e. The number of carbonyl (C=O) groups is 4. The second-order valence-electron chi connectivity index (χ2n) is 7.73. The molecule has 0 aromatic heterocycles. The maximum Gasteiger partial charge on any atom is 0.332 e. The van der Waals surface area contributed by atoms with Crippen LogP contribution in [0.5, 0.6) is 0 Å². The van der Waals surface area contributed by atoms with Crippen LogP contribution in [0, 0.1) is 7.14 Å². The molecule has 6 amide bonds. The zero-order valence-electron chi connectivity index (χ0n) is 18.4. The molecule has 0 bridgehead atoms. The monoisotopic (exact) mass is 694 g/mol. The molecular weight excluding hydrogens is 674 g/mol. The number of urea groups is 2. The van der Waals surface area contributed by atoms with Gasteiger partial charge in [0.05, 0.1) is 6.54 Å². The lowest BCUT2D eigenvalue weighted by Gasteiger charge is -2.17. The van der Waals surface area contributed by atoms with Crippen LogP contribution in [-0.2, 0) is 16.1 Å². The molecule has 0 saturated carbocycles. The molecular formula is C25H20I2N4O4. The molecule has 178 valence electrons. The van der Waals surface area contributed by atoms with Crippen LogP contribution in [0.2, 0.25) is 0 Å². The van der Waals surface area contributed by atoms with Crippen molar-refractivity contribution >= 4 is 80.4 Å². The first-order valence-corrected chi connectivity index (χ1v) is 12.8. The number of halogens is 2. The minimum atomic E-state index is -0.350. The van der Waals surface area contributed by atoms with Gasteiger partial charge < -0.3 is 0 Å². The molecule has 10 heteroatoms. The third kappa shape index (κ3) is 6.17. The number of hydrogen-bond donors (Lipinski definition) is 1. The summed E-state index contributed by atoms with van der Waals surface area (Å²) in [5, 5.41) is 2.23. The van der Waals surface area contributed by atoms with Gasteiger partial charge in [0.25, 0.3) is 5.91 Å². The summed E-state index contributed by atoms with van der Waals surface area (Å²) >= 11 is 4.35. The summed E-state index contributed by atoms with van der Waals surface area (Å²) in [6, 6.07) is 24.0. The van der Waals surface area contributed by atoms with Gasteiger partial charge in [0.2, 0.25) is 5.91 Å². The molecule has 0 spiro atoms. The predicted molar refractivity (Wildman–Crippen MR) is 149 cm³/mol. The minimum absolute atomic E-state index is 0.103. The summed E-state index contributed by atoms with van der Waals surface area (Å²) in [7, 11) is 0. The molecule has 5 rings (SSSR count). The summed E-state index contributed by atoms with van der Waals surface area (Å²) in [6.07, 6.45) is 0. The molecule has 2 aliphatic rings. The van der Waals surface area contributed by atoms with Gasteiger partial charge in [0.1, 0.15) is 13.1 Å². The molecule has 8 nitrogen and oxygen atoms in total. The van der Waals surface area contributed by atoms with Crippen LogP contribution in [0.25, 0.3) is 0 Å². The fourth-order valence-electron chi connectivity index (χ4n) is 3.60. The van der Waals surface area contributed by atoms with Gasteiger partial charge in [-0.3, -0.25) is 29.6 Å². The number of anilines is 2. The molecule has 1 N–H and O–H groups in total. The van der Waals surface area contributed by atoms with Gasteiger partial charge >= 0.3 is 12.1 Å². The molecule has 2 heterocycles. The second-order valence-corrected chi connectivity index (χ2v) is 10.2. The fourth-order valence-corrected chi connectivity index (χ4v) is 4.66. The zero-order valence-corrected chi connectivity index (χ0v) is 22.7. The van der Waals surface area contributed by atoms with Crippen LogP contribution in [0.1, 0.15) is 5.56 Å². The van der Waals surface area contributed by atoms with Crippen molar-refractivity contribution in [2.45, 2.75) is 6.54 Å². The van der Waals surface area contributed by atoms with E-state index in [1.54, 1.807) is 6.07 Å². The molecule has 2 fully saturated rings. The van der Waals surface area contributed by atoms with E-state index in [0.29, 0.717) is 6.54 Å². The van der Waals surface area contributed by atoms with Crippen molar-refractivity contribution in [3.05, 3.63) is 91.6 Å². The van der Waals surface area contributed by atoms with E-state index in [4.69, 9.17) is 0 Å². The van der Waals surface area contributed by atoms with Gasteiger partial charge in [0, 0.05) is 18.5 Å². The lowest BCUT2D eigenvalue weighted by molar-refractivity contribution is -0.125. The van der Waals surface area contributed by atoms with Crippen molar-refractivity contribution in [3.8, 4) is 0 Å². The highest BCUT2D eigenvalue weighted by atomic mass is 127. The first kappa shape index (κ1) is 25.1. The highest BCUT2D eigenvalue weighted by Crippen LogP contribution is 2.24. The van der Waals surface area contributed by atoms with Gasteiger partial charge in [-0.1, -0.05) is 42.5 Å². The van der Waals surface area contributed by atoms with Gasteiger partial charge in [-0.05, 0) is 87.1 Å². The molecule has 35 heavy (non-hydrogen) atoms. The molecule has 3 aromatic rings. The number of hydrogen-bond acceptors (Lipinski definition) is 4. The van der Waals surface area contributed by atoms with E-state index in [0.717, 1.165) is 24.1 Å². The average molecular weight is 694 g/mol. The van der Waals surface area contributed by atoms with E-state index in [1.165, 1.54) is 14.7 Å². The molecule has 2 saturated heterocycles. The van der Waals surface area contributed by atoms with E-state index in [-0.39, 0.29) is 37.0 Å². The number of carbonyl (C=O) groups excluding carboxylic acids is 4. The predicted octanol–water partition coefficient (Wildman–Crippen LogP) is 4.61. The largest absolute Gasteiger partial charge is 0.332 e. The van der Waals surface area contributed by atoms with Crippen molar-refractivity contribution in [2.75, 3.05) is 22.9 Å². The van der Waals surface area contributed by atoms with Gasteiger partial charge in [-0.15, -0.1) is 0 Å². The number of imide groups is 2. The maximum absolute atomic E-state index is 12.5. The van der Waals surface area contributed by atoms with Gasteiger partial charge in [0.15, 0.2) is 0 Å². The quantitative estimate of drug-likeness (QED) is 0.320. The standard InChI is InChI=1S/C16H13IN2O2.C9H7IN2O2/c17-13-7-4-8-14(9-13)18-11-15(20)19(16(18)21)10-12-5-2-1-3-6-12;10-6-2-1-3-7(4-6)12-5-8(13)11-9(12)14/h1-9H,10-11H2;1-4H,5H2,(H,11,13,14). The number of nitrogens with one attached hydrogen (secondary N) is 1. The molecule has 3 aromatic carbocycles. The Morgan fingerprint density at radius 3 is 1.86 bits per heavy atom. The normalized spacial score (nSPS) is 15.3. The fraction of sp³-hybridized carbons (Fsp3) is 0.120. The van der Waals surface area contributed by atoms with E-state index < -0.39 is 0 Å². The lowest BCUT2D eigenvalue weighted by atomic mass is 10.2. The van der Waals surface area contributed by atoms with Crippen LogP contribution in [0.3, 0.4) is 0 Å². The summed E-state index contributed by atoms with van der Waals surface area (Å²) in [4.78, 5) is 51.1. The van der Waals surface area contributed by atoms with Crippen LogP contribution >= 0.6 is 45.2 Å². The van der Waals surface area contributed by atoms with Gasteiger partial charge in [-0.2, -0.15) is 0 Å². The van der Waals surface area contributed by atoms with Crippen LogP contribution in [0.15, 0.2) is 78.9 Å². The van der Waals surface area contributed by atoms with Gasteiger partial charge in [-0.25, -0.2) is 9.59 Å². The van der Waals surface area contributed by atoms with E-state index in [9.17, 15) is 19.2 Å². The number of benzene rings is 3. The zero-order chi connectivity index (χ0) is 24.9. The van der Waals surface area contributed by atoms with Crippen molar-refractivity contribution in [1.29, 1.82) is 0 Å². The Bertz CT molecular complexity index is 1290. The van der Waals surface area contributed by atoms with Crippen molar-refractivity contribution in [2.24, 2.45) is 0 Å². The SMILES string of the molecule is O=C1CN(c2cccc(I)c2)C(=O)N1.O=C1CN(c2cccc(I)c2)C(=O)N1Cc1ccccc1. The number of amides is 6. The Labute approximate surface area is 229 Å². The Kier molecular flexibility index (Phi) is 8.00. The van der Waals surface area contributed by atoms with E-state index in [2.05, 4.69) is 50.5 Å². The van der Waals surface area contributed by atoms with E-state index in [1.807, 2.05) is 72.8 Å². The van der Waals surface area contributed by atoms with Crippen molar-refractivity contribution < 1.29 is 19.2 Å². The summed E-state index contributed by atoms with van der Waals surface area (Å²) in [5.74, 6) is -0.420. The number of rotatable bonds is 4. The lowest BCUT2D eigenvalue weighted by Crippen LogP contribution is -2.32. The van der Waals surface area contributed by atoms with Crippen LogP contribution in [-0.4, -0.2) is 41.9 Å². The molecule has 0 aliphatic carbocycles. The second kappa shape index (κ2) is 11.2. The third-order valence-electron chi connectivity index (χ3n) is 5.27. The topological polar surface area (TPSA) is 90.0 Å². The Morgan fingerprint density at radius 2 is 1.31 bits per heavy atom. The first-order valence-electron chi connectivity index (χ1n) is 10.6. The van der Waals surface area contributed by atoms with Crippen molar-refractivity contribution in [1.82, 2.24) is 10.2 Å². The summed E-state index contributed by atoms with van der Waals surface area (Å²) < 4.78 is 2.07. The molecule has 0 radical (unpaired) electrons. The average Bonchev–Trinajstić information content (AvgIpc) is 3.32. The minimum Gasteiger partial charge on any atom is -0.285 e. The van der Waals surface area contributed by atoms with Crippen LogP contribution in [0.4, 0.5) is 21.0 Å². The highest BCUT2D eigenvalue weighted by molar-refractivity contribution is 14.1. The molecule has 0 atom stereocenters.